The molecule has 0 saturated carbocycles. The Hall–Kier alpha value is -2.61. The van der Waals surface area contributed by atoms with Crippen LogP contribution in [0.4, 0.5) is 11.6 Å². The van der Waals surface area contributed by atoms with E-state index < -0.39 is 0 Å². The van der Waals surface area contributed by atoms with Crippen molar-refractivity contribution in [2.45, 2.75) is 16.6 Å². The number of anilines is 2. The van der Waals surface area contributed by atoms with Crippen LogP contribution in [0.25, 0.3) is 0 Å². The normalized spacial score (nSPS) is 19.7. The molecule has 0 aliphatic carbocycles. The lowest BCUT2D eigenvalue weighted by atomic mass is 10.2. The smallest absolute Gasteiger partial charge is 0.238 e. The van der Waals surface area contributed by atoms with Crippen LogP contribution >= 0.6 is 11.8 Å². The molecule has 2 aliphatic heterocycles. The minimum absolute atomic E-state index is 0.0191. The minimum atomic E-state index is -0.382. The summed E-state index contributed by atoms with van der Waals surface area (Å²) in [6.07, 6.45) is 3.65. The molecule has 26 heavy (non-hydrogen) atoms. The van der Waals surface area contributed by atoms with Gasteiger partial charge in [-0.25, -0.2) is 9.97 Å². The zero-order chi connectivity index (χ0) is 17.9. The van der Waals surface area contributed by atoms with E-state index in [9.17, 15) is 9.59 Å². The van der Waals surface area contributed by atoms with E-state index in [0.717, 1.165) is 10.6 Å². The van der Waals surface area contributed by atoms with Gasteiger partial charge in [-0.1, -0.05) is 12.1 Å². The molecule has 2 amide bonds. The average molecular weight is 369 g/mol. The van der Waals surface area contributed by atoms with Crippen LogP contribution in [0.5, 0.6) is 0 Å². The van der Waals surface area contributed by atoms with Crippen molar-refractivity contribution >= 4 is 35.2 Å². The molecule has 1 N–H and O–H groups in total. The van der Waals surface area contributed by atoms with Gasteiger partial charge in [-0.15, -0.1) is 11.8 Å². The second kappa shape index (κ2) is 7.33. The molecule has 0 bridgehead atoms. The van der Waals surface area contributed by atoms with Gasteiger partial charge in [0.05, 0.1) is 10.9 Å². The second-order valence-electron chi connectivity index (χ2n) is 6.21. The number of thioether (sulfide) groups is 1. The van der Waals surface area contributed by atoms with Gasteiger partial charge < -0.3 is 15.1 Å². The number of fused-ring (bicyclic) bond motifs is 1. The molecule has 7 nitrogen and oxygen atoms in total. The van der Waals surface area contributed by atoms with Gasteiger partial charge in [0.25, 0.3) is 0 Å². The molecule has 0 spiro atoms. The van der Waals surface area contributed by atoms with Crippen molar-refractivity contribution in [3.8, 4) is 0 Å². The maximum absolute atomic E-state index is 12.6. The predicted molar refractivity (Wildman–Crippen MR) is 100 cm³/mol. The van der Waals surface area contributed by atoms with Crippen LogP contribution < -0.4 is 10.2 Å². The third kappa shape index (κ3) is 3.50. The van der Waals surface area contributed by atoms with Gasteiger partial charge in [0, 0.05) is 49.9 Å². The Morgan fingerprint density at radius 2 is 1.85 bits per heavy atom. The average Bonchev–Trinajstić information content (AvgIpc) is 2.69. The number of piperazine rings is 1. The van der Waals surface area contributed by atoms with Crippen molar-refractivity contribution in [2.75, 3.05) is 36.4 Å². The third-order valence-corrected chi connectivity index (χ3v) is 5.81. The van der Waals surface area contributed by atoms with Gasteiger partial charge >= 0.3 is 0 Å². The van der Waals surface area contributed by atoms with E-state index in [-0.39, 0.29) is 23.5 Å². The first-order valence-corrected chi connectivity index (χ1v) is 9.45. The van der Waals surface area contributed by atoms with Gasteiger partial charge in [-0.2, -0.15) is 0 Å². The molecule has 4 rings (SSSR count). The van der Waals surface area contributed by atoms with Crippen molar-refractivity contribution in [1.82, 2.24) is 14.9 Å². The summed E-state index contributed by atoms with van der Waals surface area (Å²) in [4.78, 5) is 38.3. The zero-order valence-electron chi connectivity index (χ0n) is 14.2. The summed E-state index contributed by atoms with van der Waals surface area (Å²) in [5.41, 5.74) is 0.822. The lowest BCUT2D eigenvalue weighted by Gasteiger charge is -2.35. The molecule has 3 heterocycles. The van der Waals surface area contributed by atoms with Crippen LogP contribution in [-0.2, 0) is 9.59 Å². The summed E-state index contributed by atoms with van der Waals surface area (Å²) in [5.74, 6) is 0.613. The van der Waals surface area contributed by atoms with Gasteiger partial charge in [0.2, 0.25) is 17.8 Å². The predicted octanol–water partition coefficient (Wildman–Crippen LogP) is 1.63. The molecular formula is C18H19N5O2S. The molecular weight excluding hydrogens is 350 g/mol. The Bertz CT molecular complexity index is 808. The number of amides is 2. The van der Waals surface area contributed by atoms with E-state index in [4.69, 9.17) is 0 Å². The summed E-state index contributed by atoms with van der Waals surface area (Å²) in [7, 11) is 0. The van der Waals surface area contributed by atoms with E-state index in [1.807, 2.05) is 29.2 Å². The number of aromatic nitrogens is 2. The zero-order valence-corrected chi connectivity index (χ0v) is 15.0. The quantitative estimate of drug-likeness (QED) is 0.886. The number of nitrogens with zero attached hydrogens (tertiary/aromatic N) is 4. The first-order chi connectivity index (χ1) is 12.7. The standard InChI is InChI=1S/C18H19N5O2S/c24-16(12-15-17(25)21-13-4-1-2-5-14(13)26-15)22-8-10-23(11-9-22)18-19-6-3-7-20-18/h1-7,15H,8-12H2,(H,21,25)/t15-/m1/s1. The molecule has 2 aliphatic rings. The Kier molecular flexibility index (Phi) is 4.75. The second-order valence-corrected chi connectivity index (χ2v) is 7.46. The van der Waals surface area contributed by atoms with Gasteiger partial charge in [-0.05, 0) is 18.2 Å². The SMILES string of the molecule is O=C1Nc2ccccc2S[C@@H]1CC(=O)N1CCN(c2ncccn2)CC1. The topological polar surface area (TPSA) is 78.4 Å². The van der Waals surface area contributed by atoms with Gasteiger partial charge in [-0.3, -0.25) is 9.59 Å². The highest BCUT2D eigenvalue weighted by atomic mass is 32.2. The number of carbonyl (C=O) groups excluding carboxylic acids is 2. The van der Waals surface area contributed by atoms with Crippen LogP contribution in [0.2, 0.25) is 0 Å². The first-order valence-electron chi connectivity index (χ1n) is 8.57. The lowest BCUT2D eigenvalue weighted by molar-refractivity contribution is -0.132. The fraction of sp³-hybridized carbons (Fsp3) is 0.333. The third-order valence-electron chi connectivity index (χ3n) is 4.53. The first kappa shape index (κ1) is 16.8. The number of nitrogens with one attached hydrogen (secondary N) is 1. The fourth-order valence-corrected chi connectivity index (χ4v) is 4.23. The van der Waals surface area contributed by atoms with Crippen LogP contribution in [0, 0.1) is 0 Å². The Balaban J connectivity index is 1.34. The fourth-order valence-electron chi connectivity index (χ4n) is 3.13. The van der Waals surface area contributed by atoms with Crippen LogP contribution in [-0.4, -0.2) is 58.1 Å². The van der Waals surface area contributed by atoms with Crippen LogP contribution in [0.1, 0.15) is 6.42 Å². The molecule has 8 heteroatoms. The van der Waals surface area contributed by atoms with Crippen LogP contribution in [0.15, 0.2) is 47.6 Å². The van der Waals surface area contributed by atoms with Crippen molar-refractivity contribution in [3.05, 3.63) is 42.7 Å². The molecule has 0 unspecified atom stereocenters. The number of hydrogen-bond donors (Lipinski definition) is 1. The molecule has 1 saturated heterocycles. The van der Waals surface area contributed by atoms with Crippen molar-refractivity contribution in [2.24, 2.45) is 0 Å². The van der Waals surface area contributed by atoms with E-state index in [0.29, 0.717) is 32.1 Å². The monoisotopic (exact) mass is 369 g/mol. The van der Waals surface area contributed by atoms with Gasteiger partial charge in [0.15, 0.2) is 0 Å². The molecule has 1 atom stereocenters. The maximum Gasteiger partial charge on any atom is 0.238 e. The van der Waals surface area contributed by atoms with E-state index in [2.05, 4.69) is 20.2 Å². The van der Waals surface area contributed by atoms with Crippen molar-refractivity contribution in [1.29, 1.82) is 0 Å². The lowest BCUT2D eigenvalue weighted by Crippen LogP contribution is -2.50. The summed E-state index contributed by atoms with van der Waals surface area (Å²) in [5, 5.41) is 2.51. The Labute approximate surface area is 155 Å². The summed E-state index contributed by atoms with van der Waals surface area (Å²) < 4.78 is 0. The Morgan fingerprint density at radius 1 is 1.12 bits per heavy atom. The Morgan fingerprint density at radius 3 is 2.62 bits per heavy atom. The molecule has 1 aromatic heterocycles. The molecule has 1 aromatic carbocycles. The molecule has 2 aromatic rings. The van der Waals surface area contributed by atoms with E-state index >= 15 is 0 Å². The number of hydrogen-bond acceptors (Lipinski definition) is 6. The number of benzene rings is 1. The highest BCUT2D eigenvalue weighted by Crippen LogP contribution is 2.36. The number of carbonyl (C=O) groups is 2. The van der Waals surface area contributed by atoms with E-state index in [1.165, 1.54) is 11.8 Å². The number of para-hydroxylation sites is 1. The molecule has 0 radical (unpaired) electrons. The minimum Gasteiger partial charge on any atom is -0.339 e. The highest BCUT2D eigenvalue weighted by molar-refractivity contribution is 8.01. The highest BCUT2D eigenvalue weighted by Gasteiger charge is 2.31. The van der Waals surface area contributed by atoms with Crippen LogP contribution in [0.3, 0.4) is 0 Å². The summed E-state index contributed by atoms with van der Waals surface area (Å²) in [6.45, 7) is 2.63. The summed E-state index contributed by atoms with van der Waals surface area (Å²) in [6, 6.07) is 9.46. The molecule has 134 valence electrons. The van der Waals surface area contributed by atoms with Gasteiger partial charge in [0.1, 0.15) is 0 Å². The largest absolute Gasteiger partial charge is 0.339 e. The maximum atomic E-state index is 12.6. The van der Waals surface area contributed by atoms with E-state index in [1.54, 1.807) is 18.5 Å². The summed E-state index contributed by atoms with van der Waals surface area (Å²) >= 11 is 1.46. The number of rotatable bonds is 3. The molecule has 1 fully saturated rings. The van der Waals surface area contributed by atoms with Crippen molar-refractivity contribution < 1.29 is 9.59 Å². The van der Waals surface area contributed by atoms with Crippen molar-refractivity contribution in [3.63, 3.8) is 0 Å².